The number of rotatable bonds is 6. The second-order valence-electron chi connectivity index (χ2n) is 5.23. The van der Waals surface area contributed by atoms with Gasteiger partial charge in [-0.25, -0.2) is 0 Å². The number of aromatic nitrogens is 1. The Morgan fingerprint density at radius 1 is 1.12 bits per heavy atom. The fourth-order valence-corrected chi connectivity index (χ4v) is 2.29. The zero-order valence-corrected chi connectivity index (χ0v) is 16.3. The van der Waals surface area contributed by atoms with Gasteiger partial charge in [0.1, 0.15) is 11.5 Å². The van der Waals surface area contributed by atoms with Crippen LogP contribution in [0.2, 0.25) is 0 Å². The van der Waals surface area contributed by atoms with Gasteiger partial charge in [0.15, 0.2) is 11.7 Å². The van der Waals surface area contributed by atoms with Gasteiger partial charge in [-0.3, -0.25) is 4.99 Å². The van der Waals surface area contributed by atoms with Crippen molar-refractivity contribution < 1.29 is 8.94 Å². The maximum atomic E-state index is 5.38. The maximum absolute atomic E-state index is 5.38. The normalized spacial score (nSPS) is 11.0. The van der Waals surface area contributed by atoms with Crippen molar-refractivity contribution in [1.29, 1.82) is 0 Å². The van der Waals surface area contributed by atoms with E-state index in [0.29, 0.717) is 12.5 Å². The Kier molecular flexibility index (Phi) is 7.52. The molecule has 2 N–H and O–H groups in total. The Hall–Kier alpha value is -2.29. The minimum Gasteiger partial charge on any atom is -0.469 e. The van der Waals surface area contributed by atoms with Crippen LogP contribution in [0.25, 0.3) is 11.3 Å². The fraction of sp³-hybridized carbons (Fsp3) is 0.222. The van der Waals surface area contributed by atoms with Crippen LogP contribution < -0.4 is 10.6 Å². The van der Waals surface area contributed by atoms with Crippen LogP contribution >= 0.6 is 24.0 Å². The third-order valence-electron chi connectivity index (χ3n) is 3.52. The highest BCUT2D eigenvalue weighted by Crippen LogP contribution is 2.19. The molecule has 0 aliphatic rings. The van der Waals surface area contributed by atoms with E-state index in [2.05, 4.69) is 20.8 Å². The first-order valence-electron chi connectivity index (χ1n) is 7.83. The molecule has 0 fully saturated rings. The van der Waals surface area contributed by atoms with Crippen LogP contribution in [-0.4, -0.2) is 24.7 Å². The maximum Gasteiger partial charge on any atom is 0.191 e. The van der Waals surface area contributed by atoms with E-state index >= 15 is 0 Å². The minimum absolute atomic E-state index is 0. The molecule has 3 rings (SSSR count). The van der Waals surface area contributed by atoms with E-state index in [1.54, 1.807) is 13.3 Å². The zero-order valence-electron chi connectivity index (χ0n) is 13.9. The summed E-state index contributed by atoms with van der Waals surface area (Å²) < 4.78 is 10.7. The largest absolute Gasteiger partial charge is 0.469 e. The van der Waals surface area contributed by atoms with Gasteiger partial charge in [-0.15, -0.1) is 24.0 Å². The molecule has 0 saturated heterocycles. The van der Waals surface area contributed by atoms with Crippen LogP contribution in [0.1, 0.15) is 11.5 Å². The molecule has 0 unspecified atom stereocenters. The smallest absolute Gasteiger partial charge is 0.191 e. The molecule has 25 heavy (non-hydrogen) atoms. The number of nitrogens with zero attached hydrogens (tertiary/aromatic N) is 2. The van der Waals surface area contributed by atoms with E-state index in [9.17, 15) is 0 Å². The number of nitrogens with one attached hydrogen (secondary N) is 2. The van der Waals surface area contributed by atoms with Crippen LogP contribution in [0.4, 0.5) is 0 Å². The molecular formula is C18H21IN4O2. The van der Waals surface area contributed by atoms with Gasteiger partial charge in [0.2, 0.25) is 0 Å². The topological polar surface area (TPSA) is 75.6 Å². The van der Waals surface area contributed by atoms with Crippen molar-refractivity contribution in [2.24, 2.45) is 4.99 Å². The second kappa shape index (κ2) is 9.87. The molecule has 2 aromatic heterocycles. The van der Waals surface area contributed by atoms with Crippen LogP contribution in [0.15, 0.2) is 68.7 Å². The monoisotopic (exact) mass is 452 g/mol. The van der Waals surface area contributed by atoms with Crippen molar-refractivity contribution in [3.05, 3.63) is 66.2 Å². The van der Waals surface area contributed by atoms with Crippen molar-refractivity contribution in [3.8, 4) is 11.3 Å². The van der Waals surface area contributed by atoms with Crippen LogP contribution in [0.5, 0.6) is 0 Å². The lowest BCUT2D eigenvalue weighted by atomic mass is 10.2. The summed E-state index contributed by atoms with van der Waals surface area (Å²) in [6.45, 7) is 1.28. The molecule has 0 aliphatic carbocycles. The summed E-state index contributed by atoms with van der Waals surface area (Å²) in [5, 5.41) is 10.5. The molecule has 0 atom stereocenters. The lowest BCUT2D eigenvalue weighted by molar-refractivity contribution is 0.422. The molecule has 3 aromatic rings. The predicted molar refractivity (Wildman–Crippen MR) is 108 cm³/mol. The summed E-state index contributed by atoms with van der Waals surface area (Å²) >= 11 is 0. The van der Waals surface area contributed by atoms with Crippen molar-refractivity contribution >= 4 is 29.9 Å². The van der Waals surface area contributed by atoms with Gasteiger partial charge in [-0.05, 0) is 12.1 Å². The van der Waals surface area contributed by atoms with Crippen LogP contribution in [0.3, 0.4) is 0 Å². The van der Waals surface area contributed by atoms with Crippen molar-refractivity contribution in [3.63, 3.8) is 0 Å². The molecule has 0 spiro atoms. The number of hydrogen-bond donors (Lipinski definition) is 2. The lowest BCUT2D eigenvalue weighted by Gasteiger charge is -2.09. The summed E-state index contributed by atoms with van der Waals surface area (Å²) in [7, 11) is 1.74. The van der Waals surface area contributed by atoms with E-state index < -0.39 is 0 Å². The number of furan rings is 1. The standard InChI is InChI=1S/C18H20N4O2.HI/c1-19-18(20-10-9-16-8-5-11-23-16)21-13-15-12-17(24-22-15)14-6-3-2-4-7-14;/h2-8,11-12H,9-10,13H2,1H3,(H2,19,20,21);1H. The molecule has 7 heteroatoms. The van der Waals surface area contributed by atoms with Gasteiger partial charge in [-0.2, -0.15) is 0 Å². The molecule has 0 bridgehead atoms. The summed E-state index contributed by atoms with van der Waals surface area (Å²) in [5.41, 5.74) is 1.83. The van der Waals surface area contributed by atoms with Gasteiger partial charge in [0, 0.05) is 31.6 Å². The van der Waals surface area contributed by atoms with E-state index in [-0.39, 0.29) is 24.0 Å². The molecule has 0 saturated carbocycles. The molecule has 1 aromatic carbocycles. The first-order chi connectivity index (χ1) is 11.8. The Bertz CT molecular complexity index is 769. The van der Waals surface area contributed by atoms with Gasteiger partial charge in [0.25, 0.3) is 0 Å². The Morgan fingerprint density at radius 2 is 1.96 bits per heavy atom. The number of aliphatic imine (C=N–C) groups is 1. The highest BCUT2D eigenvalue weighted by atomic mass is 127. The first kappa shape index (κ1) is 19.0. The average Bonchev–Trinajstić information content (AvgIpc) is 3.30. The molecule has 6 nitrogen and oxygen atoms in total. The predicted octanol–water partition coefficient (Wildman–Crippen LogP) is 3.46. The molecule has 0 amide bonds. The Balaban J connectivity index is 0.00000225. The van der Waals surface area contributed by atoms with Crippen LogP contribution in [0, 0.1) is 0 Å². The Morgan fingerprint density at radius 3 is 2.68 bits per heavy atom. The van der Waals surface area contributed by atoms with E-state index in [4.69, 9.17) is 8.94 Å². The first-order valence-corrected chi connectivity index (χ1v) is 7.83. The van der Waals surface area contributed by atoms with E-state index in [1.165, 1.54) is 0 Å². The second-order valence-corrected chi connectivity index (χ2v) is 5.23. The quantitative estimate of drug-likeness (QED) is 0.341. The highest BCUT2D eigenvalue weighted by molar-refractivity contribution is 14.0. The van der Waals surface area contributed by atoms with Gasteiger partial charge >= 0.3 is 0 Å². The lowest BCUT2D eigenvalue weighted by Crippen LogP contribution is -2.37. The van der Waals surface area contributed by atoms with Gasteiger partial charge in [0.05, 0.1) is 12.8 Å². The zero-order chi connectivity index (χ0) is 16.6. The molecular weight excluding hydrogens is 431 g/mol. The average molecular weight is 452 g/mol. The molecule has 132 valence electrons. The summed E-state index contributed by atoms with van der Waals surface area (Å²) in [6.07, 6.45) is 2.48. The number of benzene rings is 1. The molecule has 0 aliphatic heterocycles. The summed E-state index contributed by atoms with van der Waals surface area (Å²) in [6, 6.07) is 15.7. The van der Waals surface area contributed by atoms with E-state index in [0.717, 1.165) is 35.7 Å². The number of hydrogen-bond acceptors (Lipinski definition) is 4. The number of guanidine groups is 1. The van der Waals surface area contributed by atoms with E-state index in [1.807, 2.05) is 48.5 Å². The highest BCUT2D eigenvalue weighted by Gasteiger charge is 2.07. The van der Waals surface area contributed by atoms with Gasteiger partial charge in [-0.1, -0.05) is 35.5 Å². The third-order valence-corrected chi connectivity index (χ3v) is 3.52. The molecule has 0 radical (unpaired) electrons. The van der Waals surface area contributed by atoms with Crippen molar-refractivity contribution in [2.45, 2.75) is 13.0 Å². The SMILES string of the molecule is CN=C(NCCc1ccco1)NCc1cc(-c2ccccc2)on1.I. The van der Waals surface area contributed by atoms with Crippen molar-refractivity contribution in [2.75, 3.05) is 13.6 Å². The van der Waals surface area contributed by atoms with Crippen LogP contribution in [-0.2, 0) is 13.0 Å². The summed E-state index contributed by atoms with van der Waals surface area (Å²) in [4.78, 5) is 4.19. The third kappa shape index (κ3) is 5.63. The fourth-order valence-electron chi connectivity index (χ4n) is 2.29. The number of halogens is 1. The minimum atomic E-state index is 0. The van der Waals surface area contributed by atoms with Crippen molar-refractivity contribution in [1.82, 2.24) is 15.8 Å². The summed E-state index contributed by atoms with van der Waals surface area (Å²) in [5.74, 6) is 2.42. The Labute approximate surface area is 163 Å². The van der Waals surface area contributed by atoms with Gasteiger partial charge < -0.3 is 19.6 Å². The molecule has 2 heterocycles.